The fourth-order valence-corrected chi connectivity index (χ4v) is 1.41. The molecule has 2 N–H and O–H groups in total. The van der Waals surface area contributed by atoms with Crippen molar-refractivity contribution in [1.29, 1.82) is 0 Å². The Labute approximate surface area is 97.4 Å². The highest BCUT2D eigenvalue weighted by molar-refractivity contribution is 5.59. The minimum absolute atomic E-state index is 0.523. The molecule has 1 aromatic rings. The summed E-state index contributed by atoms with van der Waals surface area (Å²) in [6.07, 6.45) is 4.80. The summed E-state index contributed by atoms with van der Waals surface area (Å²) in [5.74, 6) is 0.877. The van der Waals surface area contributed by atoms with Gasteiger partial charge in [-0.1, -0.05) is 49.4 Å². The van der Waals surface area contributed by atoms with Crippen molar-refractivity contribution in [1.82, 2.24) is 0 Å². The zero-order chi connectivity index (χ0) is 11.8. The van der Waals surface area contributed by atoms with Crippen LogP contribution in [0.15, 0.2) is 42.5 Å². The topological polar surface area (TPSA) is 35.2 Å². The summed E-state index contributed by atoms with van der Waals surface area (Å²) in [5, 5.41) is 0. The average molecular weight is 217 g/mol. The third-order valence-corrected chi connectivity index (χ3v) is 2.35. The number of rotatable bonds is 6. The minimum Gasteiger partial charge on any atom is -0.489 e. The summed E-state index contributed by atoms with van der Waals surface area (Å²) in [7, 11) is 0. The van der Waals surface area contributed by atoms with Crippen LogP contribution >= 0.6 is 0 Å². The molecule has 0 spiro atoms. The van der Waals surface area contributed by atoms with Crippen molar-refractivity contribution in [3.63, 3.8) is 0 Å². The van der Waals surface area contributed by atoms with Crippen LogP contribution in [-0.4, -0.2) is 13.2 Å². The molecule has 1 aromatic carbocycles. The molecule has 0 atom stereocenters. The van der Waals surface area contributed by atoms with Crippen molar-refractivity contribution < 1.29 is 4.74 Å². The average Bonchev–Trinajstić information content (AvgIpc) is 2.34. The lowest BCUT2D eigenvalue weighted by atomic mass is 10.1. The van der Waals surface area contributed by atoms with Crippen LogP contribution in [0.3, 0.4) is 0 Å². The van der Waals surface area contributed by atoms with Crippen LogP contribution in [0.5, 0.6) is 5.75 Å². The van der Waals surface area contributed by atoms with Gasteiger partial charge in [0.05, 0.1) is 0 Å². The summed E-state index contributed by atoms with van der Waals surface area (Å²) >= 11 is 0. The van der Waals surface area contributed by atoms with E-state index in [0.717, 1.165) is 17.7 Å². The van der Waals surface area contributed by atoms with Gasteiger partial charge in [0.25, 0.3) is 0 Å². The van der Waals surface area contributed by atoms with E-state index in [-0.39, 0.29) is 0 Å². The van der Waals surface area contributed by atoms with Gasteiger partial charge in [0.2, 0.25) is 0 Å². The Balaban J connectivity index is 2.93. The highest BCUT2D eigenvalue weighted by Gasteiger charge is 2.00. The normalized spacial score (nSPS) is 11.2. The number of benzene rings is 1. The van der Waals surface area contributed by atoms with E-state index in [4.69, 9.17) is 10.5 Å². The second kappa shape index (κ2) is 6.85. The molecule has 0 aliphatic rings. The molecule has 2 nitrogen and oxygen atoms in total. The fourth-order valence-electron chi connectivity index (χ4n) is 1.41. The van der Waals surface area contributed by atoms with Gasteiger partial charge in [-0.3, -0.25) is 0 Å². The van der Waals surface area contributed by atoms with E-state index < -0.39 is 0 Å². The van der Waals surface area contributed by atoms with E-state index in [2.05, 4.69) is 19.6 Å². The van der Waals surface area contributed by atoms with Crippen LogP contribution in [0.25, 0.3) is 6.08 Å². The van der Waals surface area contributed by atoms with Crippen LogP contribution in [0.1, 0.15) is 18.9 Å². The minimum atomic E-state index is 0.523. The lowest BCUT2D eigenvalue weighted by Gasteiger charge is -2.08. The van der Waals surface area contributed by atoms with Crippen molar-refractivity contribution in [3.8, 4) is 5.75 Å². The first-order valence-electron chi connectivity index (χ1n) is 5.54. The maximum atomic E-state index is 5.66. The molecule has 0 aromatic heterocycles. The zero-order valence-corrected chi connectivity index (χ0v) is 9.78. The van der Waals surface area contributed by atoms with Crippen molar-refractivity contribution in [2.45, 2.75) is 13.3 Å². The van der Waals surface area contributed by atoms with Gasteiger partial charge in [0.15, 0.2) is 0 Å². The molecule has 0 amide bonds. The fraction of sp³-hybridized carbons (Fsp3) is 0.286. The van der Waals surface area contributed by atoms with Crippen LogP contribution in [0.2, 0.25) is 0 Å². The third kappa shape index (κ3) is 3.55. The zero-order valence-electron chi connectivity index (χ0n) is 9.78. The third-order valence-electron chi connectivity index (χ3n) is 2.35. The predicted octanol–water partition coefficient (Wildman–Crippen LogP) is 3.00. The van der Waals surface area contributed by atoms with Gasteiger partial charge in [0.1, 0.15) is 12.4 Å². The summed E-state index contributed by atoms with van der Waals surface area (Å²) < 4.78 is 5.57. The Morgan fingerprint density at radius 1 is 1.44 bits per heavy atom. The molecule has 0 unspecified atom stereocenters. The molecular formula is C14H19NO. The van der Waals surface area contributed by atoms with Crippen molar-refractivity contribution in [2.75, 3.05) is 13.2 Å². The first-order valence-corrected chi connectivity index (χ1v) is 5.54. The highest BCUT2D eigenvalue weighted by Crippen LogP contribution is 2.21. The second-order valence-electron chi connectivity index (χ2n) is 3.50. The Bertz CT molecular complexity index is 363. The van der Waals surface area contributed by atoms with Gasteiger partial charge in [-0.2, -0.15) is 0 Å². The van der Waals surface area contributed by atoms with Gasteiger partial charge in [0, 0.05) is 12.1 Å². The van der Waals surface area contributed by atoms with Gasteiger partial charge in [-0.15, -0.1) is 0 Å². The van der Waals surface area contributed by atoms with Crippen molar-refractivity contribution >= 4 is 6.08 Å². The Morgan fingerprint density at radius 3 is 2.81 bits per heavy atom. The van der Waals surface area contributed by atoms with E-state index in [1.54, 1.807) is 6.08 Å². The Morgan fingerprint density at radius 2 is 2.19 bits per heavy atom. The number of nitrogens with two attached hydrogens (primary N) is 1. The molecule has 2 heteroatoms. The summed E-state index contributed by atoms with van der Waals surface area (Å²) in [6.45, 7) is 6.85. The largest absolute Gasteiger partial charge is 0.489 e. The van der Waals surface area contributed by atoms with Gasteiger partial charge in [-0.05, 0) is 12.5 Å². The lowest BCUT2D eigenvalue weighted by Crippen LogP contribution is -2.02. The van der Waals surface area contributed by atoms with Gasteiger partial charge in [-0.25, -0.2) is 0 Å². The lowest BCUT2D eigenvalue weighted by molar-refractivity contribution is 0.362. The smallest absolute Gasteiger partial charge is 0.126 e. The Kier molecular flexibility index (Phi) is 5.37. The number of ether oxygens (including phenoxy) is 1. The highest BCUT2D eigenvalue weighted by atomic mass is 16.5. The molecule has 0 saturated carbocycles. The summed E-state index contributed by atoms with van der Waals surface area (Å²) in [4.78, 5) is 0. The quantitative estimate of drug-likeness (QED) is 0.743. The monoisotopic (exact) mass is 217 g/mol. The summed E-state index contributed by atoms with van der Waals surface area (Å²) in [5.41, 5.74) is 7.95. The molecule has 0 bridgehead atoms. The molecule has 1 rings (SSSR count). The van der Waals surface area contributed by atoms with Crippen molar-refractivity contribution in [3.05, 3.63) is 48.1 Å². The number of para-hydroxylation sites is 1. The van der Waals surface area contributed by atoms with Crippen LogP contribution in [0.4, 0.5) is 0 Å². The second-order valence-corrected chi connectivity index (χ2v) is 3.50. The van der Waals surface area contributed by atoms with Crippen LogP contribution in [0, 0.1) is 0 Å². The SMILES string of the molecule is C=CCOc1ccccc1C=C(CC)CN. The van der Waals surface area contributed by atoms with Gasteiger partial charge >= 0.3 is 0 Å². The molecule has 16 heavy (non-hydrogen) atoms. The molecule has 0 heterocycles. The standard InChI is InChI=1S/C14H19NO/c1-3-9-16-14-8-6-5-7-13(14)10-12(4-2)11-15/h3,5-8,10H,1,4,9,11,15H2,2H3. The molecule has 0 aliphatic heterocycles. The molecule has 86 valence electrons. The molecule has 0 radical (unpaired) electrons. The molecule has 0 saturated heterocycles. The summed E-state index contributed by atoms with van der Waals surface area (Å²) in [6, 6.07) is 7.95. The molecule has 0 aliphatic carbocycles. The van der Waals surface area contributed by atoms with E-state index in [0.29, 0.717) is 13.2 Å². The van der Waals surface area contributed by atoms with E-state index in [1.807, 2.05) is 24.3 Å². The van der Waals surface area contributed by atoms with E-state index in [1.165, 1.54) is 5.57 Å². The van der Waals surface area contributed by atoms with Crippen LogP contribution in [-0.2, 0) is 0 Å². The van der Waals surface area contributed by atoms with Gasteiger partial charge < -0.3 is 10.5 Å². The first-order chi connectivity index (χ1) is 7.81. The van der Waals surface area contributed by atoms with E-state index >= 15 is 0 Å². The number of hydrogen-bond donors (Lipinski definition) is 1. The first kappa shape index (κ1) is 12.5. The number of hydrogen-bond acceptors (Lipinski definition) is 2. The molecular weight excluding hydrogens is 198 g/mol. The predicted molar refractivity (Wildman–Crippen MR) is 69.5 cm³/mol. The van der Waals surface area contributed by atoms with Crippen LogP contribution < -0.4 is 10.5 Å². The van der Waals surface area contributed by atoms with Crippen molar-refractivity contribution in [2.24, 2.45) is 5.73 Å². The maximum absolute atomic E-state index is 5.66. The molecule has 0 fully saturated rings. The maximum Gasteiger partial charge on any atom is 0.126 e. The van der Waals surface area contributed by atoms with E-state index in [9.17, 15) is 0 Å². The Hall–Kier alpha value is -1.54.